The summed E-state index contributed by atoms with van der Waals surface area (Å²) in [7, 11) is 2.93. The van der Waals surface area contributed by atoms with Crippen LogP contribution in [0.2, 0.25) is 0 Å². The number of nitrogens with zero attached hydrogens (tertiary/aromatic N) is 3. The van der Waals surface area contributed by atoms with E-state index in [1.54, 1.807) is 7.05 Å². The van der Waals surface area contributed by atoms with Crippen LogP contribution in [0.25, 0.3) is 11.4 Å². The maximum atomic E-state index is 11.2. The molecule has 0 aliphatic rings. The van der Waals surface area contributed by atoms with Gasteiger partial charge in [-0.15, -0.1) is 10.2 Å². The van der Waals surface area contributed by atoms with Gasteiger partial charge in [0.05, 0.1) is 0 Å². The highest BCUT2D eigenvalue weighted by molar-refractivity contribution is 8.13. The summed E-state index contributed by atoms with van der Waals surface area (Å²) < 4.78 is 23.7. The molecule has 0 aliphatic carbocycles. The van der Waals surface area contributed by atoms with E-state index in [2.05, 4.69) is 10.2 Å². The van der Waals surface area contributed by atoms with Crippen LogP contribution < -0.4 is 0 Å². The van der Waals surface area contributed by atoms with E-state index in [1.807, 2.05) is 31.2 Å². The van der Waals surface area contributed by atoms with Crippen molar-refractivity contribution in [3.05, 3.63) is 29.8 Å². The van der Waals surface area contributed by atoms with Crippen molar-refractivity contribution in [2.24, 2.45) is 7.05 Å². The zero-order valence-corrected chi connectivity index (χ0v) is 10.8. The Labute approximate surface area is 103 Å². The van der Waals surface area contributed by atoms with Gasteiger partial charge in [-0.3, -0.25) is 4.57 Å². The predicted molar refractivity (Wildman–Crippen MR) is 64.2 cm³/mol. The monoisotopic (exact) mass is 271 g/mol. The van der Waals surface area contributed by atoms with Crippen molar-refractivity contribution in [2.75, 3.05) is 0 Å². The molecule has 0 N–H and O–H groups in total. The number of halogens is 1. The SMILES string of the molecule is Cc1ccc(-c2nnc(S(=O)(=O)Cl)n2C)cc1. The highest BCUT2D eigenvalue weighted by Crippen LogP contribution is 2.21. The van der Waals surface area contributed by atoms with Crippen molar-refractivity contribution in [1.29, 1.82) is 0 Å². The third kappa shape index (κ3) is 2.32. The molecule has 0 saturated carbocycles. The Kier molecular flexibility index (Phi) is 2.92. The molecule has 0 aliphatic heterocycles. The largest absolute Gasteiger partial charge is 0.300 e. The zero-order valence-electron chi connectivity index (χ0n) is 9.25. The first-order valence-electron chi connectivity index (χ1n) is 4.80. The van der Waals surface area contributed by atoms with Gasteiger partial charge in [0.2, 0.25) is 0 Å². The summed E-state index contributed by atoms with van der Waals surface area (Å²) in [6.07, 6.45) is 0. The average Bonchev–Trinajstić information content (AvgIpc) is 2.61. The highest BCUT2D eigenvalue weighted by Gasteiger charge is 2.20. The molecule has 90 valence electrons. The lowest BCUT2D eigenvalue weighted by molar-refractivity contribution is 0.593. The van der Waals surface area contributed by atoms with E-state index in [1.165, 1.54) is 4.57 Å². The lowest BCUT2D eigenvalue weighted by Crippen LogP contribution is -2.02. The molecule has 2 rings (SSSR count). The Bertz CT molecular complexity index is 647. The molecule has 1 aromatic carbocycles. The first-order valence-corrected chi connectivity index (χ1v) is 7.11. The van der Waals surface area contributed by atoms with Crippen molar-refractivity contribution in [3.8, 4) is 11.4 Å². The predicted octanol–water partition coefficient (Wildman–Crippen LogP) is 1.72. The molecule has 0 bridgehead atoms. The topological polar surface area (TPSA) is 64.8 Å². The van der Waals surface area contributed by atoms with Crippen LogP contribution in [0.4, 0.5) is 0 Å². The summed E-state index contributed by atoms with van der Waals surface area (Å²) in [5.41, 5.74) is 1.90. The molecular weight excluding hydrogens is 262 g/mol. The van der Waals surface area contributed by atoms with Crippen LogP contribution in [0.3, 0.4) is 0 Å². The summed E-state index contributed by atoms with van der Waals surface area (Å²) in [6.45, 7) is 1.97. The molecule has 1 aromatic heterocycles. The summed E-state index contributed by atoms with van der Waals surface area (Å²) >= 11 is 0. The maximum absolute atomic E-state index is 11.2. The Morgan fingerprint density at radius 1 is 1.18 bits per heavy atom. The lowest BCUT2D eigenvalue weighted by Gasteiger charge is -2.02. The van der Waals surface area contributed by atoms with Gasteiger partial charge in [-0.2, -0.15) is 0 Å². The molecule has 0 spiro atoms. The third-order valence-electron chi connectivity index (χ3n) is 2.36. The maximum Gasteiger partial charge on any atom is 0.296 e. The van der Waals surface area contributed by atoms with E-state index in [0.29, 0.717) is 5.82 Å². The van der Waals surface area contributed by atoms with Gasteiger partial charge in [0, 0.05) is 23.3 Å². The van der Waals surface area contributed by atoms with E-state index in [4.69, 9.17) is 10.7 Å². The molecule has 0 unspecified atom stereocenters. The highest BCUT2D eigenvalue weighted by atomic mass is 35.7. The van der Waals surface area contributed by atoms with E-state index in [9.17, 15) is 8.42 Å². The molecule has 7 heteroatoms. The molecule has 0 radical (unpaired) electrons. The summed E-state index contributed by atoms with van der Waals surface area (Å²) in [5.74, 6) is 0.462. The number of rotatable bonds is 2. The Balaban J connectivity index is 2.55. The number of aryl methyl sites for hydroxylation is 1. The van der Waals surface area contributed by atoms with Crippen molar-refractivity contribution < 1.29 is 8.42 Å². The van der Waals surface area contributed by atoms with E-state index in [-0.39, 0.29) is 5.16 Å². The van der Waals surface area contributed by atoms with Crippen molar-refractivity contribution >= 4 is 19.7 Å². The zero-order chi connectivity index (χ0) is 12.6. The lowest BCUT2D eigenvalue weighted by atomic mass is 10.1. The Morgan fingerprint density at radius 2 is 1.76 bits per heavy atom. The van der Waals surface area contributed by atoms with Crippen molar-refractivity contribution in [3.63, 3.8) is 0 Å². The van der Waals surface area contributed by atoms with E-state index in [0.717, 1.165) is 11.1 Å². The molecule has 0 amide bonds. The van der Waals surface area contributed by atoms with Crippen LogP contribution in [0, 0.1) is 6.92 Å². The van der Waals surface area contributed by atoms with Crippen LogP contribution in [-0.4, -0.2) is 23.2 Å². The quantitative estimate of drug-likeness (QED) is 0.780. The summed E-state index contributed by atoms with van der Waals surface area (Å²) in [4.78, 5) is 0. The van der Waals surface area contributed by atoms with Crippen LogP contribution in [0.5, 0.6) is 0 Å². The van der Waals surface area contributed by atoms with Crippen LogP contribution >= 0.6 is 10.7 Å². The molecule has 1 heterocycles. The van der Waals surface area contributed by atoms with Gasteiger partial charge in [0.15, 0.2) is 5.82 Å². The molecule has 5 nitrogen and oxygen atoms in total. The van der Waals surface area contributed by atoms with Gasteiger partial charge in [-0.1, -0.05) is 29.8 Å². The normalized spacial score (nSPS) is 11.7. The van der Waals surface area contributed by atoms with Crippen LogP contribution in [-0.2, 0) is 16.1 Å². The van der Waals surface area contributed by atoms with Crippen LogP contribution in [0.15, 0.2) is 29.4 Å². The number of aromatic nitrogens is 3. The molecule has 0 fully saturated rings. The second kappa shape index (κ2) is 4.12. The molecular formula is C10H10ClN3O2S. The Hall–Kier alpha value is -1.40. The number of hydrogen-bond donors (Lipinski definition) is 0. The van der Waals surface area contributed by atoms with Gasteiger partial charge in [0.1, 0.15) is 0 Å². The minimum atomic E-state index is -3.87. The standard InChI is InChI=1S/C10H10ClN3O2S/c1-7-3-5-8(6-4-7)9-12-13-10(14(9)2)17(11,15)16/h3-6H,1-2H3. The second-order valence-corrected chi connectivity index (χ2v) is 6.13. The smallest absolute Gasteiger partial charge is 0.296 e. The fourth-order valence-corrected chi connectivity index (χ4v) is 2.44. The number of hydrogen-bond acceptors (Lipinski definition) is 4. The summed E-state index contributed by atoms with van der Waals surface area (Å²) in [5, 5.41) is 7.16. The summed E-state index contributed by atoms with van der Waals surface area (Å²) in [6, 6.07) is 7.53. The van der Waals surface area contributed by atoms with Gasteiger partial charge in [-0.05, 0) is 6.92 Å². The first kappa shape index (κ1) is 12.1. The van der Waals surface area contributed by atoms with E-state index >= 15 is 0 Å². The van der Waals surface area contributed by atoms with Gasteiger partial charge in [-0.25, -0.2) is 8.42 Å². The molecule has 0 saturated heterocycles. The molecule has 0 atom stereocenters. The Morgan fingerprint density at radius 3 is 2.24 bits per heavy atom. The third-order valence-corrected chi connectivity index (χ3v) is 3.57. The van der Waals surface area contributed by atoms with Gasteiger partial charge < -0.3 is 0 Å². The van der Waals surface area contributed by atoms with Crippen molar-refractivity contribution in [2.45, 2.75) is 12.1 Å². The molecule has 2 aromatic rings. The first-order chi connectivity index (χ1) is 7.89. The molecule has 17 heavy (non-hydrogen) atoms. The second-order valence-electron chi connectivity index (χ2n) is 3.67. The van der Waals surface area contributed by atoms with Gasteiger partial charge >= 0.3 is 0 Å². The fourth-order valence-electron chi connectivity index (χ4n) is 1.48. The van der Waals surface area contributed by atoms with Crippen molar-refractivity contribution in [1.82, 2.24) is 14.8 Å². The van der Waals surface area contributed by atoms with Crippen LogP contribution in [0.1, 0.15) is 5.56 Å². The van der Waals surface area contributed by atoms with Gasteiger partial charge in [0.25, 0.3) is 14.2 Å². The minimum absolute atomic E-state index is 0.255. The minimum Gasteiger partial charge on any atom is -0.300 e. The van der Waals surface area contributed by atoms with E-state index < -0.39 is 9.05 Å². The fraction of sp³-hybridized carbons (Fsp3) is 0.200. The average molecular weight is 272 g/mol. The number of benzene rings is 1.